The molecule has 0 radical (unpaired) electrons. The molecule has 2 rings (SSSR count). The van der Waals surface area contributed by atoms with Gasteiger partial charge in [0.1, 0.15) is 22.4 Å². The molecule has 9 nitrogen and oxygen atoms in total. The lowest BCUT2D eigenvalue weighted by molar-refractivity contribution is -0.132. The maximum Gasteiger partial charge on any atom is 0.247 e. The Morgan fingerprint density at radius 2 is 1.97 bits per heavy atom. The number of hydrogen-bond acceptors (Lipinski definition) is 7. The van der Waals surface area contributed by atoms with Crippen molar-refractivity contribution in [2.45, 2.75) is 50.3 Å². The summed E-state index contributed by atoms with van der Waals surface area (Å²) in [5, 5.41) is 19.7. The molecule has 10 heteroatoms. The van der Waals surface area contributed by atoms with Crippen LogP contribution in [-0.2, 0) is 14.8 Å². The van der Waals surface area contributed by atoms with E-state index in [0.29, 0.717) is 5.56 Å². The van der Waals surface area contributed by atoms with Crippen molar-refractivity contribution >= 4 is 15.9 Å². The SMILES string of the molecule is C[C@@H]1CN([C@H](C)CO)S(=O)(=O)c2ccc(C#CC(C)(C)O)cc2O[C@@H]1CN(C)C(=O)CN(C)C. The van der Waals surface area contributed by atoms with Crippen molar-refractivity contribution in [2.24, 2.45) is 5.92 Å². The number of aliphatic hydroxyl groups excluding tert-OH is 1. The van der Waals surface area contributed by atoms with Gasteiger partial charge >= 0.3 is 0 Å². The molecule has 2 N–H and O–H groups in total. The number of nitrogens with zero attached hydrogens (tertiary/aromatic N) is 3. The van der Waals surface area contributed by atoms with Crippen molar-refractivity contribution in [1.82, 2.24) is 14.1 Å². The summed E-state index contributed by atoms with van der Waals surface area (Å²) < 4.78 is 34.5. The minimum Gasteiger partial charge on any atom is -0.487 e. The van der Waals surface area contributed by atoms with E-state index in [0.717, 1.165) is 0 Å². The molecule has 0 saturated carbocycles. The van der Waals surface area contributed by atoms with Crippen molar-refractivity contribution in [1.29, 1.82) is 0 Å². The van der Waals surface area contributed by atoms with Gasteiger partial charge < -0.3 is 24.7 Å². The lowest BCUT2D eigenvalue weighted by Gasteiger charge is -2.37. The maximum atomic E-state index is 13.5. The monoisotopic (exact) mass is 495 g/mol. The third-order valence-electron chi connectivity index (χ3n) is 5.51. The van der Waals surface area contributed by atoms with Gasteiger partial charge in [0.2, 0.25) is 15.9 Å². The fraction of sp³-hybridized carbons (Fsp3) is 0.625. The summed E-state index contributed by atoms with van der Waals surface area (Å²) >= 11 is 0. The molecule has 0 spiro atoms. The van der Waals surface area contributed by atoms with E-state index in [2.05, 4.69) is 11.8 Å². The highest BCUT2D eigenvalue weighted by Crippen LogP contribution is 2.34. The molecule has 1 aliphatic rings. The Hall–Kier alpha value is -2.16. The zero-order chi connectivity index (χ0) is 25.8. The van der Waals surface area contributed by atoms with Crippen LogP contribution in [0.3, 0.4) is 0 Å². The van der Waals surface area contributed by atoms with Gasteiger partial charge in [0.05, 0.1) is 19.7 Å². The molecule has 1 heterocycles. The maximum absolute atomic E-state index is 13.5. The van der Waals surface area contributed by atoms with Gasteiger partial charge in [-0.2, -0.15) is 4.31 Å². The van der Waals surface area contributed by atoms with Crippen LogP contribution in [0.25, 0.3) is 0 Å². The predicted octanol–water partition coefficient (Wildman–Crippen LogP) is 0.598. The summed E-state index contributed by atoms with van der Waals surface area (Å²) in [4.78, 5) is 15.9. The summed E-state index contributed by atoms with van der Waals surface area (Å²) in [6.07, 6.45) is -0.503. The topological polar surface area (TPSA) is 111 Å². The van der Waals surface area contributed by atoms with E-state index >= 15 is 0 Å². The number of hydrogen-bond donors (Lipinski definition) is 2. The third kappa shape index (κ3) is 7.17. The lowest BCUT2D eigenvalue weighted by atomic mass is 10.0. The van der Waals surface area contributed by atoms with Crippen LogP contribution < -0.4 is 4.74 Å². The van der Waals surface area contributed by atoms with Crippen molar-refractivity contribution in [3.63, 3.8) is 0 Å². The van der Waals surface area contributed by atoms with Crippen LogP contribution in [0.1, 0.15) is 33.3 Å². The number of amides is 1. The van der Waals surface area contributed by atoms with E-state index < -0.39 is 27.8 Å². The molecule has 34 heavy (non-hydrogen) atoms. The Kier molecular flexibility index (Phi) is 9.13. The van der Waals surface area contributed by atoms with Gasteiger partial charge in [-0.15, -0.1) is 0 Å². The summed E-state index contributed by atoms with van der Waals surface area (Å²) in [5.41, 5.74) is -0.723. The second-order valence-electron chi connectivity index (χ2n) is 9.72. The van der Waals surface area contributed by atoms with Crippen LogP contribution in [0.15, 0.2) is 23.1 Å². The first-order chi connectivity index (χ1) is 15.7. The number of ether oxygens (including phenoxy) is 1. The van der Waals surface area contributed by atoms with Crippen LogP contribution >= 0.6 is 0 Å². The van der Waals surface area contributed by atoms with E-state index in [1.807, 2.05) is 21.0 Å². The van der Waals surface area contributed by atoms with Gasteiger partial charge in [0.25, 0.3) is 0 Å². The van der Waals surface area contributed by atoms with Crippen molar-refractivity contribution < 1.29 is 28.2 Å². The van der Waals surface area contributed by atoms with Gasteiger partial charge in [0.15, 0.2) is 0 Å². The van der Waals surface area contributed by atoms with Gasteiger partial charge in [-0.05, 0) is 53.1 Å². The highest BCUT2D eigenvalue weighted by molar-refractivity contribution is 7.89. The molecule has 1 aromatic carbocycles. The second kappa shape index (κ2) is 11.1. The predicted molar refractivity (Wildman–Crippen MR) is 130 cm³/mol. The lowest BCUT2D eigenvalue weighted by Crippen LogP contribution is -2.50. The van der Waals surface area contributed by atoms with Crippen LogP contribution in [0, 0.1) is 17.8 Å². The van der Waals surface area contributed by atoms with Crippen LogP contribution in [0.5, 0.6) is 5.75 Å². The minimum atomic E-state index is -3.97. The molecule has 0 aromatic heterocycles. The Morgan fingerprint density at radius 1 is 1.32 bits per heavy atom. The number of sulfonamides is 1. The Balaban J connectivity index is 2.55. The average molecular weight is 496 g/mol. The summed E-state index contributed by atoms with van der Waals surface area (Å²) in [6.45, 7) is 6.93. The number of benzene rings is 1. The molecule has 0 saturated heterocycles. The Labute approximate surface area is 203 Å². The van der Waals surface area contributed by atoms with Crippen molar-refractivity contribution in [3.05, 3.63) is 23.8 Å². The third-order valence-corrected chi connectivity index (χ3v) is 7.53. The second-order valence-corrected chi connectivity index (χ2v) is 11.6. The van der Waals surface area contributed by atoms with E-state index in [9.17, 15) is 23.4 Å². The van der Waals surface area contributed by atoms with Crippen LogP contribution in [-0.4, -0.2) is 104 Å². The van der Waals surface area contributed by atoms with E-state index in [4.69, 9.17) is 4.74 Å². The summed E-state index contributed by atoms with van der Waals surface area (Å²) in [6, 6.07) is 3.90. The molecule has 0 fully saturated rings. The van der Waals surface area contributed by atoms with E-state index in [-0.39, 0.29) is 48.7 Å². The molecule has 0 bridgehead atoms. The zero-order valence-electron chi connectivity index (χ0n) is 21.1. The smallest absolute Gasteiger partial charge is 0.247 e. The van der Waals surface area contributed by atoms with Crippen molar-refractivity contribution in [2.75, 3.05) is 47.4 Å². The first kappa shape index (κ1) is 28.1. The molecule has 1 aliphatic heterocycles. The minimum absolute atomic E-state index is 0.0271. The number of carbonyl (C=O) groups is 1. The molecule has 1 amide bonds. The van der Waals surface area contributed by atoms with Gasteiger partial charge in [-0.1, -0.05) is 18.8 Å². The Morgan fingerprint density at radius 3 is 2.53 bits per heavy atom. The number of aliphatic hydroxyl groups is 2. The van der Waals surface area contributed by atoms with Gasteiger partial charge in [0, 0.05) is 31.1 Å². The quantitative estimate of drug-likeness (QED) is 0.556. The first-order valence-electron chi connectivity index (χ1n) is 11.2. The summed E-state index contributed by atoms with van der Waals surface area (Å²) in [7, 11) is 1.35. The van der Waals surface area contributed by atoms with E-state index in [1.165, 1.54) is 10.4 Å². The standard InChI is InChI=1S/C24H37N3O6S/c1-17-13-27(18(2)16-28)34(31,32)22-9-8-19(10-11-24(3,4)30)12-20(22)33-21(17)14-26(7)23(29)15-25(5)6/h8-9,12,17-18,21,28,30H,13-16H2,1-7H3/t17-,18-,21-/m1/s1. The van der Waals surface area contributed by atoms with Crippen LogP contribution in [0.2, 0.25) is 0 Å². The van der Waals surface area contributed by atoms with Gasteiger partial charge in [-0.25, -0.2) is 8.42 Å². The molecule has 1 aromatic rings. The summed E-state index contributed by atoms with van der Waals surface area (Å²) in [5.74, 6) is 5.33. The molecular weight excluding hydrogens is 458 g/mol. The average Bonchev–Trinajstić information content (AvgIpc) is 2.73. The normalized spacial score (nSPS) is 21.4. The highest BCUT2D eigenvalue weighted by Gasteiger charge is 2.38. The highest BCUT2D eigenvalue weighted by atomic mass is 32.2. The number of rotatable bonds is 6. The zero-order valence-corrected chi connectivity index (χ0v) is 21.9. The Bertz CT molecular complexity index is 1040. The fourth-order valence-electron chi connectivity index (χ4n) is 3.51. The molecule has 190 valence electrons. The van der Waals surface area contributed by atoms with Crippen LogP contribution in [0.4, 0.5) is 0 Å². The number of carbonyl (C=O) groups excluding carboxylic acids is 1. The molecular formula is C24H37N3O6S. The number of likely N-dealkylation sites (N-methyl/N-ethyl adjacent to an activating group) is 2. The first-order valence-corrected chi connectivity index (χ1v) is 12.7. The molecule has 0 aliphatic carbocycles. The van der Waals surface area contributed by atoms with Gasteiger partial charge in [-0.3, -0.25) is 4.79 Å². The largest absolute Gasteiger partial charge is 0.487 e. The van der Waals surface area contributed by atoms with E-state index in [1.54, 1.807) is 49.8 Å². The molecule has 3 atom stereocenters. The number of fused-ring (bicyclic) bond motifs is 1. The fourth-order valence-corrected chi connectivity index (χ4v) is 5.34. The van der Waals surface area contributed by atoms with Crippen molar-refractivity contribution in [3.8, 4) is 17.6 Å². The molecule has 0 unspecified atom stereocenters.